The van der Waals surface area contributed by atoms with Crippen LogP contribution in [0.3, 0.4) is 0 Å². The maximum Gasteiger partial charge on any atom is 0.315 e. The van der Waals surface area contributed by atoms with Crippen LogP contribution >= 0.6 is 0 Å². The molecule has 0 unspecified atom stereocenters. The van der Waals surface area contributed by atoms with Crippen LogP contribution in [0.15, 0.2) is 22.6 Å². The number of pyridine rings is 1. The van der Waals surface area contributed by atoms with Gasteiger partial charge in [0, 0.05) is 18.2 Å². The fourth-order valence-electron chi connectivity index (χ4n) is 3.85. The second-order valence-corrected chi connectivity index (χ2v) is 7.75. The number of aromatic hydroxyl groups is 1. The van der Waals surface area contributed by atoms with Gasteiger partial charge in [0.25, 0.3) is 5.89 Å². The first-order chi connectivity index (χ1) is 16.5. The zero-order valence-electron chi connectivity index (χ0n) is 19.2. The molecule has 0 spiro atoms. The molecule has 0 aliphatic rings. The van der Waals surface area contributed by atoms with E-state index in [1.165, 1.54) is 12.1 Å². The molecule has 0 amide bonds. The number of halogens is 1. The van der Waals surface area contributed by atoms with Crippen LogP contribution in [0, 0.1) is 24.1 Å². The Kier molecular flexibility index (Phi) is 6.70. The van der Waals surface area contributed by atoms with Crippen molar-refractivity contribution in [3.8, 4) is 34.7 Å². The number of fused-ring (bicyclic) bond motifs is 1. The van der Waals surface area contributed by atoms with E-state index >= 15 is 0 Å². The summed E-state index contributed by atoms with van der Waals surface area (Å²) in [4.78, 5) is 6.77. The molecule has 10 nitrogen and oxygen atoms in total. The lowest BCUT2D eigenvalue weighted by atomic mass is 9.99. The Morgan fingerprint density at radius 2 is 2.03 bits per heavy atom. The van der Waals surface area contributed by atoms with E-state index in [1.54, 1.807) is 6.92 Å². The molecular formula is C23H25FN8O2. The number of benzene rings is 1. The summed E-state index contributed by atoms with van der Waals surface area (Å²) in [6.45, 7) is 9.66. The van der Waals surface area contributed by atoms with Crippen LogP contribution in [0.2, 0.25) is 0 Å². The Hall–Kier alpha value is -4.04. The summed E-state index contributed by atoms with van der Waals surface area (Å²) in [5.41, 5.74) is 1.70. The molecule has 3 N–H and O–H groups in total. The number of phenolic OH excluding ortho intramolecular Hbond substituents is 1. The lowest BCUT2D eigenvalue weighted by Crippen LogP contribution is -2.25. The van der Waals surface area contributed by atoms with Crippen LogP contribution in [0.25, 0.3) is 33.9 Å². The van der Waals surface area contributed by atoms with Crippen molar-refractivity contribution in [1.29, 1.82) is 5.26 Å². The predicted molar refractivity (Wildman–Crippen MR) is 125 cm³/mol. The Morgan fingerprint density at radius 3 is 2.74 bits per heavy atom. The molecule has 0 atom stereocenters. The highest BCUT2D eigenvalue weighted by Crippen LogP contribution is 2.35. The van der Waals surface area contributed by atoms with E-state index in [0.717, 1.165) is 32.1 Å². The molecular weight excluding hydrogens is 439 g/mol. The number of aromatic amines is 1. The van der Waals surface area contributed by atoms with Gasteiger partial charge in [0.2, 0.25) is 0 Å². The number of hydrogen-bond acceptors (Lipinski definition) is 9. The van der Waals surface area contributed by atoms with Crippen LogP contribution < -0.4 is 5.32 Å². The molecule has 1 aromatic carbocycles. The third-order valence-electron chi connectivity index (χ3n) is 5.73. The number of aryl methyl sites for hydroxylation is 1. The van der Waals surface area contributed by atoms with Crippen molar-refractivity contribution in [3.63, 3.8) is 0 Å². The molecule has 3 aromatic heterocycles. The van der Waals surface area contributed by atoms with Crippen LogP contribution in [-0.2, 0) is 0 Å². The van der Waals surface area contributed by atoms with Gasteiger partial charge >= 0.3 is 6.01 Å². The molecule has 0 saturated carbocycles. The number of hydrogen-bond donors (Lipinski definition) is 3. The number of phenols is 1. The number of nitriles is 1. The average Bonchev–Trinajstić information content (AvgIpc) is 3.46. The van der Waals surface area contributed by atoms with Crippen molar-refractivity contribution in [3.05, 3.63) is 35.1 Å². The predicted octanol–water partition coefficient (Wildman–Crippen LogP) is 3.84. The summed E-state index contributed by atoms with van der Waals surface area (Å²) >= 11 is 0. The van der Waals surface area contributed by atoms with Crippen LogP contribution in [-0.4, -0.2) is 61.6 Å². The molecule has 3 heterocycles. The molecule has 0 bridgehead atoms. The smallest absolute Gasteiger partial charge is 0.315 e. The van der Waals surface area contributed by atoms with Crippen molar-refractivity contribution in [2.75, 3.05) is 31.5 Å². The van der Waals surface area contributed by atoms with Gasteiger partial charge in [-0.15, -0.1) is 5.10 Å². The zero-order valence-corrected chi connectivity index (χ0v) is 19.2. The maximum absolute atomic E-state index is 14.5. The Morgan fingerprint density at radius 1 is 1.24 bits per heavy atom. The largest absolute Gasteiger partial charge is 0.508 e. The molecule has 11 heteroatoms. The third-order valence-corrected chi connectivity index (χ3v) is 5.73. The van der Waals surface area contributed by atoms with E-state index < -0.39 is 5.82 Å². The van der Waals surface area contributed by atoms with Crippen molar-refractivity contribution < 1.29 is 13.9 Å². The number of anilines is 1. The first-order valence-corrected chi connectivity index (χ1v) is 11.0. The van der Waals surface area contributed by atoms with Gasteiger partial charge in [-0.2, -0.15) is 10.4 Å². The molecule has 0 aliphatic heterocycles. The third kappa shape index (κ3) is 4.40. The van der Waals surface area contributed by atoms with E-state index in [2.05, 4.69) is 55.5 Å². The van der Waals surface area contributed by atoms with Gasteiger partial charge in [-0.1, -0.05) is 18.9 Å². The number of H-pyrrole nitrogens is 1. The van der Waals surface area contributed by atoms with E-state index in [-0.39, 0.29) is 34.5 Å². The molecule has 0 aliphatic carbocycles. The number of aromatic nitrogens is 5. The Bertz CT molecular complexity index is 1350. The fraction of sp³-hybridized carbons (Fsp3) is 0.348. The lowest BCUT2D eigenvalue weighted by Gasteiger charge is -2.17. The highest BCUT2D eigenvalue weighted by molar-refractivity contribution is 5.95. The highest BCUT2D eigenvalue weighted by atomic mass is 19.1. The highest BCUT2D eigenvalue weighted by Gasteiger charge is 2.23. The lowest BCUT2D eigenvalue weighted by molar-refractivity contribution is 0.302. The molecule has 0 radical (unpaired) electrons. The van der Waals surface area contributed by atoms with Crippen molar-refractivity contribution in [1.82, 2.24) is 30.3 Å². The molecule has 4 rings (SSSR count). The van der Waals surface area contributed by atoms with Crippen molar-refractivity contribution in [2.24, 2.45) is 0 Å². The molecule has 0 saturated heterocycles. The van der Waals surface area contributed by atoms with Crippen LogP contribution in [0.1, 0.15) is 31.4 Å². The first kappa shape index (κ1) is 23.1. The summed E-state index contributed by atoms with van der Waals surface area (Å²) in [5.74, 6) is -0.721. The normalized spacial score (nSPS) is 11.3. The summed E-state index contributed by atoms with van der Waals surface area (Å²) in [5, 5.41) is 38.2. The monoisotopic (exact) mass is 464 g/mol. The number of nitrogens with one attached hydrogen (secondary N) is 2. The zero-order chi connectivity index (χ0) is 24.2. The first-order valence-electron chi connectivity index (χ1n) is 11.0. The van der Waals surface area contributed by atoms with E-state index in [1.807, 2.05) is 0 Å². The fourth-order valence-corrected chi connectivity index (χ4v) is 3.85. The van der Waals surface area contributed by atoms with Crippen molar-refractivity contribution >= 4 is 17.0 Å². The molecule has 4 aromatic rings. The summed E-state index contributed by atoms with van der Waals surface area (Å²) < 4.78 is 20.2. The van der Waals surface area contributed by atoms with Gasteiger partial charge in [0.15, 0.2) is 11.3 Å². The van der Waals surface area contributed by atoms with Gasteiger partial charge in [-0.25, -0.2) is 9.37 Å². The van der Waals surface area contributed by atoms with Gasteiger partial charge in [0.1, 0.15) is 17.6 Å². The van der Waals surface area contributed by atoms with Crippen LogP contribution in [0.4, 0.5) is 10.4 Å². The minimum Gasteiger partial charge on any atom is -0.508 e. The van der Waals surface area contributed by atoms with Gasteiger partial charge in [-0.05, 0) is 50.7 Å². The maximum atomic E-state index is 14.5. The van der Waals surface area contributed by atoms with Gasteiger partial charge in [-0.3, -0.25) is 5.10 Å². The molecule has 34 heavy (non-hydrogen) atoms. The van der Waals surface area contributed by atoms with Crippen LogP contribution in [0.5, 0.6) is 5.75 Å². The van der Waals surface area contributed by atoms with E-state index in [4.69, 9.17) is 4.42 Å². The second-order valence-electron chi connectivity index (χ2n) is 7.75. The minimum atomic E-state index is -0.684. The molecule has 176 valence electrons. The van der Waals surface area contributed by atoms with Gasteiger partial charge < -0.3 is 19.7 Å². The Labute approximate surface area is 195 Å². The number of rotatable bonds is 9. The summed E-state index contributed by atoms with van der Waals surface area (Å²) in [6, 6.07) is 6.08. The Balaban J connectivity index is 1.63. The standard InChI is InChI=1S/C23H25FN8O2/c1-4-32(5-2)10-6-9-26-23-31-30-22(34-23)20-18-13(3)16(12-25)19(27-21(18)29-28-20)15-8-7-14(33)11-17(15)24/h7-8,11,33H,4-6,9-10H2,1-3H3,(H,26,31)(H,27,28,29). The van der Waals surface area contributed by atoms with E-state index in [0.29, 0.717) is 28.8 Å². The van der Waals surface area contributed by atoms with Gasteiger partial charge in [0.05, 0.1) is 16.6 Å². The topological polar surface area (TPSA) is 140 Å². The molecule has 0 fully saturated rings. The second kappa shape index (κ2) is 9.84. The quantitative estimate of drug-likeness (QED) is 0.315. The SMILES string of the molecule is CCN(CC)CCCNc1nnc(-c2n[nH]c3nc(-c4ccc(O)cc4F)c(C#N)c(C)c23)o1. The number of nitrogens with zero attached hydrogens (tertiary/aromatic N) is 6. The van der Waals surface area contributed by atoms with E-state index in [9.17, 15) is 14.8 Å². The average molecular weight is 465 g/mol. The van der Waals surface area contributed by atoms with Crippen molar-refractivity contribution in [2.45, 2.75) is 27.2 Å². The summed E-state index contributed by atoms with van der Waals surface area (Å²) in [7, 11) is 0. The summed E-state index contributed by atoms with van der Waals surface area (Å²) in [6.07, 6.45) is 0.926. The minimum absolute atomic E-state index is 0.101.